The fourth-order valence-electron chi connectivity index (χ4n) is 2.40. The molecule has 0 aromatic carbocycles. The monoisotopic (exact) mass is 453 g/mol. The molecule has 134 valence electrons. The molecule has 0 saturated heterocycles. The van der Waals surface area contributed by atoms with E-state index in [-0.39, 0.29) is 24.0 Å². The van der Waals surface area contributed by atoms with Gasteiger partial charge in [0.2, 0.25) is 0 Å². The molecule has 7 heteroatoms. The van der Waals surface area contributed by atoms with Crippen LogP contribution in [0.2, 0.25) is 0 Å². The standard InChI is InChI=1S/C16H31N5S.HI/c1-7-15-20-14(11-22-15)10-19-16(17-6)18-8-9-21(12(2)3)13(4)5;/h11-13H,7-10H2,1-6H3,(H2,17,18,19);1H. The van der Waals surface area contributed by atoms with Gasteiger partial charge in [0, 0.05) is 37.6 Å². The molecule has 0 atom stereocenters. The molecular weight excluding hydrogens is 421 g/mol. The van der Waals surface area contributed by atoms with Crippen LogP contribution >= 0.6 is 35.3 Å². The molecule has 23 heavy (non-hydrogen) atoms. The average molecular weight is 453 g/mol. The highest BCUT2D eigenvalue weighted by atomic mass is 127. The average Bonchev–Trinajstić information content (AvgIpc) is 2.93. The number of aliphatic imine (C=N–C) groups is 1. The third-order valence-electron chi connectivity index (χ3n) is 3.55. The molecule has 1 rings (SSSR count). The summed E-state index contributed by atoms with van der Waals surface area (Å²) in [6.45, 7) is 13.7. The number of aromatic nitrogens is 1. The van der Waals surface area contributed by atoms with E-state index in [0.717, 1.165) is 31.2 Å². The first-order valence-corrected chi connectivity index (χ1v) is 8.99. The van der Waals surface area contributed by atoms with Crippen molar-refractivity contribution >= 4 is 41.3 Å². The van der Waals surface area contributed by atoms with Crippen molar-refractivity contribution in [2.24, 2.45) is 4.99 Å². The van der Waals surface area contributed by atoms with Gasteiger partial charge in [-0.3, -0.25) is 9.89 Å². The van der Waals surface area contributed by atoms with Gasteiger partial charge in [-0.05, 0) is 34.1 Å². The van der Waals surface area contributed by atoms with Crippen LogP contribution in [0.15, 0.2) is 10.4 Å². The van der Waals surface area contributed by atoms with Crippen molar-refractivity contribution in [3.8, 4) is 0 Å². The summed E-state index contributed by atoms with van der Waals surface area (Å²) >= 11 is 1.72. The number of nitrogens with one attached hydrogen (secondary N) is 2. The highest BCUT2D eigenvalue weighted by Crippen LogP contribution is 2.09. The second-order valence-electron chi connectivity index (χ2n) is 5.86. The van der Waals surface area contributed by atoms with Gasteiger partial charge in [0.25, 0.3) is 0 Å². The topological polar surface area (TPSA) is 52.6 Å². The Kier molecular flexibility index (Phi) is 11.8. The van der Waals surface area contributed by atoms with Gasteiger partial charge in [0.05, 0.1) is 17.2 Å². The summed E-state index contributed by atoms with van der Waals surface area (Å²) in [5.74, 6) is 0.832. The minimum atomic E-state index is 0. The Balaban J connectivity index is 0.00000484. The maximum absolute atomic E-state index is 4.55. The van der Waals surface area contributed by atoms with Crippen molar-refractivity contribution in [3.05, 3.63) is 16.1 Å². The molecule has 0 bridgehead atoms. The Morgan fingerprint density at radius 2 is 1.91 bits per heavy atom. The van der Waals surface area contributed by atoms with Crippen LogP contribution < -0.4 is 10.6 Å². The predicted octanol–water partition coefficient (Wildman–Crippen LogP) is 3.11. The lowest BCUT2D eigenvalue weighted by atomic mass is 10.2. The summed E-state index contributed by atoms with van der Waals surface area (Å²) in [6, 6.07) is 1.11. The molecule has 0 aliphatic rings. The first-order valence-electron chi connectivity index (χ1n) is 8.11. The summed E-state index contributed by atoms with van der Waals surface area (Å²) < 4.78 is 0. The van der Waals surface area contributed by atoms with Crippen molar-refractivity contribution in [1.82, 2.24) is 20.5 Å². The van der Waals surface area contributed by atoms with Gasteiger partial charge in [0.1, 0.15) is 0 Å². The molecule has 2 N–H and O–H groups in total. The Morgan fingerprint density at radius 3 is 2.39 bits per heavy atom. The normalized spacial score (nSPS) is 12.0. The van der Waals surface area contributed by atoms with E-state index < -0.39 is 0 Å². The van der Waals surface area contributed by atoms with E-state index in [4.69, 9.17) is 0 Å². The maximum atomic E-state index is 4.55. The molecule has 0 aliphatic heterocycles. The van der Waals surface area contributed by atoms with Crippen molar-refractivity contribution in [2.75, 3.05) is 20.1 Å². The van der Waals surface area contributed by atoms with Crippen LogP contribution in [0.5, 0.6) is 0 Å². The first-order chi connectivity index (χ1) is 10.5. The van der Waals surface area contributed by atoms with Crippen molar-refractivity contribution in [2.45, 2.75) is 59.7 Å². The van der Waals surface area contributed by atoms with Crippen LogP contribution in [0.4, 0.5) is 0 Å². The number of hydrogen-bond acceptors (Lipinski definition) is 4. The fraction of sp³-hybridized carbons (Fsp3) is 0.750. The second-order valence-corrected chi connectivity index (χ2v) is 6.81. The van der Waals surface area contributed by atoms with Gasteiger partial charge in [-0.1, -0.05) is 6.92 Å². The quantitative estimate of drug-likeness (QED) is 0.361. The van der Waals surface area contributed by atoms with Gasteiger partial charge in [-0.25, -0.2) is 4.98 Å². The van der Waals surface area contributed by atoms with Crippen molar-refractivity contribution in [1.29, 1.82) is 0 Å². The highest BCUT2D eigenvalue weighted by Gasteiger charge is 2.12. The Hall–Kier alpha value is -0.410. The smallest absolute Gasteiger partial charge is 0.191 e. The predicted molar refractivity (Wildman–Crippen MR) is 112 cm³/mol. The zero-order valence-electron chi connectivity index (χ0n) is 15.2. The van der Waals surface area contributed by atoms with Gasteiger partial charge in [-0.2, -0.15) is 0 Å². The molecule has 1 aromatic rings. The van der Waals surface area contributed by atoms with E-state index in [1.807, 2.05) is 0 Å². The summed E-state index contributed by atoms with van der Waals surface area (Å²) in [5, 5.41) is 9.99. The summed E-state index contributed by atoms with van der Waals surface area (Å²) in [7, 11) is 1.80. The van der Waals surface area contributed by atoms with Gasteiger partial charge in [-0.15, -0.1) is 35.3 Å². The van der Waals surface area contributed by atoms with Crippen molar-refractivity contribution < 1.29 is 0 Å². The van der Waals surface area contributed by atoms with Crippen LogP contribution in [-0.4, -0.2) is 48.1 Å². The number of guanidine groups is 1. The SMILES string of the molecule is CCc1nc(CNC(=NC)NCCN(C(C)C)C(C)C)cs1.I. The van der Waals surface area contributed by atoms with E-state index in [2.05, 4.69) is 65.5 Å². The molecule has 0 amide bonds. The largest absolute Gasteiger partial charge is 0.355 e. The van der Waals surface area contributed by atoms with Gasteiger partial charge >= 0.3 is 0 Å². The molecule has 1 aromatic heterocycles. The number of rotatable bonds is 8. The Labute approximate surface area is 162 Å². The summed E-state index contributed by atoms with van der Waals surface area (Å²) in [4.78, 5) is 11.3. The van der Waals surface area contributed by atoms with Crippen molar-refractivity contribution in [3.63, 3.8) is 0 Å². The van der Waals surface area contributed by atoms with Crippen LogP contribution in [-0.2, 0) is 13.0 Å². The Morgan fingerprint density at radius 1 is 1.26 bits per heavy atom. The molecule has 1 heterocycles. The van der Waals surface area contributed by atoms with E-state index in [0.29, 0.717) is 18.6 Å². The van der Waals surface area contributed by atoms with E-state index in [9.17, 15) is 0 Å². The molecule has 0 unspecified atom stereocenters. The van der Waals surface area contributed by atoms with Crippen LogP contribution in [0, 0.1) is 0 Å². The van der Waals surface area contributed by atoms with E-state index >= 15 is 0 Å². The minimum Gasteiger partial charge on any atom is -0.355 e. The van der Waals surface area contributed by atoms with E-state index in [1.165, 1.54) is 5.01 Å². The van der Waals surface area contributed by atoms with Crippen LogP contribution in [0.25, 0.3) is 0 Å². The highest BCUT2D eigenvalue weighted by molar-refractivity contribution is 14.0. The van der Waals surface area contributed by atoms with Crippen LogP contribution in [0.3, 0.4) is 0 Å². The molecule has 0 saturated carbocycles. The number of thiazole rings is 1. The number of hydrogen-bond donors (Lipinski definition) is 2. The third-order valence-corrected chi connectivity index (χ3v) is 4.59. The maximum Gasteiger partial charge on any atom is 0.191 e. The lowest BCUT2D eigenvalue weighted by Crippen LogP contribution is -2.45. The zero-order chi connectivity index (χ0) is 16.5. The zero-order valence-corrected chi connectivity index (χ0v) is 18.4. The van der Waals surface area contributed by atoms with E-state index in [1.54, 1.807) is 18.4 Å². The second kappa shape index (κ2) is 12.0. The molecular formula is C16H32IN5S. The summed E-state index contributed by atoms with van der Waals surface area (Å²) in [5.41, 5.74) is 1.08. The number of aryl methyl sites for hydroxylation is 1. The molecule has 0 radical (unpaired) electrons. The lowest BCUT2D eigenvalue weighted by Gasteiger charge is -2.30. The van der Waals surface area contributed by atoms with Gasteiger partial charge in [0.15, 0.2) is 5.96 Å². The minimum absolute atomic E-state index is 0. The first kappa shape index (κ1) is 22.6. The van der Waals surface area contributed by atoms with Crippen LogP contribution in [0.1, 0.15) is 45.3 Å². The number of halogens is 1. The summed E-state index contributed by atoms with van der Waals surface area (Å²) in [6.07, 6.45) is 0.998. The third kappa shape index (κ3) is 8.30. The fourth-order valence-corrected chi connectivity index (χ4v) is 3.15. The van der Waals surface area contributed by atoms with Gasteiger partial charge < -0.3 is 10.6 Å². The lowest BCUT2D eigenvalue weighted by molar-refractivity contribution is 0.178. The Bertz CT molecular complexity index is 451. The number of nitrogens with zero attached hydrogens (tertiary/aromatic N) is 3. The molecule has 0 spiro atoms. The molecule has 0 aliphatic carbocycles. The molecule has 0 fully saturated rings. The molecule has 5 nitrogen and oxygen atoms in total.